The highest BCUT2D eigenvalue weighted by molar-refractivity contribution is 5.81. The molecule has 0 aliphatic heterocycles. The van der Waals surface area contributed by atoms with Crippen molar-refractivity contribution in [1.29, 1.82) is 0 Å². The van der Waals surface area contributed by atoms with Crippen molar-refractivity contribution in [2.75, 3.05) is 0 Å². The molecule has 0 aliphatic rings. The van der Waals surface area contributed by atoms with Crippen molar-refractivity contribution in [3.63, 3.8) is 0 Å². The van der Waals surface area contributed by atoms with Crippen LogP contribution >= 0.6 is 0 Å². The van der Waals surface area contributed by atoms with Gasteiger partial charge >= 0.3 is 0 Å². The van der Waals surface area contributed by atoms with Crippen LogP contribution in [0, 0.1) is 0 Å². The molecule has 1 heterocycles. The minimum Gasteiger partial charge on any atom is -0.352 e. The Morgan fingerprint density at radius 2 is 2.07 bits per heavy atom. The third-order valence-electron chi connectivity index (χ3n) is 2.09. The van der Waals surface area contributed by atoms with E-state index in [1.54, 1.807) is 19.3 Å². The number of carbonyl (C=O) groups is 1. The van der Waals surface area contributed by atoms with Crippen LogP contribution in [0.1, 0.15) is 19.4 Å². The zero-order chi connectivity index (χ0) is 11.3. The van der Waals surface area contributed by atoms with Gasteiger partial charge in [-0.05, 0) is 38.0 Å². The Kier molecular flexibility index (Phi) is 4.24. The smallest absolute Gasteiger partial charge is 0.236 e. The van der Waals surface area contributed by atoms with Crippen LogP contribution in [0.2, 0.25) is 0 Å². The van der Waals surface area contributed by atoms with Gasteiger partial charge in [0, 0.05) is 18.4 Å². The largest absolute Gasteiger partial charge is 0.352 e. The van der Waals surface area contributed by atoms with E-state index in [4.69, 9.17) is 5.73 Å². The lowest BCUT2D eigenvalue weighted by molar-refractivity contribution is -0.122. The number of amides is 1. The summed E-state index contributed by atoms with van der Waals surface area (Å²) in [6.07, 6.45) is 4.28. The number of hydrogen-bond donors (Lipinski definition) is 2. The maximum Gasteiger partial charge on any atom is 0.236 e. The van der Waals surface area contributed by atoms with E-state index < -0.39 is 6.04 Å². The quantitative estimate of drug-likeness (QED) is 0.754. The lowest BCUT2D eigenvalue weighted by Crippen LogP contribution is -2.43. The normalized spacial score (nSPS) is 14.3. The molecule has 15 heavy (non-hydrogen) atoms. The van der Waals surface area contributed by atoms with Crippen LogP contribution in [-0.4, -0.2) is 23.0 Å². The predicted molar refractivity (Wildman–Crippen MR) is 59.2 cm³/mol. The van der Waals surface area contributed by atoms with Crippen molar-refractivity contribution in [1.82, 2.24) is 10.3 Å². The fourth-order valence-corrected chi connectivity index (χ4v) is 1.30. The first-order valence-corrected chi connectivity index (χ1v) is 5.04. The molecule has 0 aromatic carbocycles. The SMILES string of the molecule is CC(Cc1ccncc1)NC(=O)C(C)N. The Labute approximate surface area is 89.9 Å². The summed E-state index contributed by atoms with van der Waals surface area (Å²) in [7, 11) is 0. The van der Waals surface area contributed by atoms with E-state index in [-0.39, 0.29) is 11.9 Å². The molecule has 0 spiro atoms. The minimum absolute atomic E-state index is 0.0888. The molecular weight excluding hydrogens is 190 g/mol. The van der Waals surface area contributed by atoms with Gasteiger partial charge in [0.2, 0.25) is 5.91 Å². The molecule has 0 saturated carbocycles. The lowest BCUT2D eigenvalue weighted by atomic mass is 10.1. The number of nitrogens with zero attached hydrogens (tertiary/aromatic N) is 1. The molecule has 4 nitrogen and oxygen atoms in total. The van der Waals surface area contributed by atoms with Crippen molar-refractivity contribution in [2.45, 2.75) is 32.4 Å². The number of carbonyl (C=O) groups excluding carboxylic acids is 1. The molecule has 1 amide bonds. The van der Waals surface area contributed by atoms with Crippen LogP contribution in [-0.2, 0) is 11.2 Å². The van der Waals surface area contributed by atoms with Gasteiger partial charge in [-0.2, -0.15) is 0 Å². The molecule has 0 saturated heterocycles. The molecule has 0 bridgehead atoms. The molecule has 0 aliphatic carbocycles. The zero-order valence-electron chi connectivity index (χ0n) is 9.10. The Bertz CT molecular complexity index is 311. The number of rotatable bonds is 4. The summed E-state index contributed by atoms with van der Waals surface area (Å²) in [5, 5.41) is 2.84. The fraction of sp³-hybridized carbons (Fsp3) is 0.455. The van der Waals surface area contributed by atoms with E-state index in [1.807, 2.05) is 19.1 Å². The van der Waals surface area contributed by atoms with Gasteiger partial charge < -0.3 is 11.1 Å². The van der Waals surface area contributed by atoms with Crippen LogP contribution in [0.25, 0.3) is 0 Å². The average Bonchev–Trinajstić information content (AvgIpc) is 2.18. The molecular formula is C11H17N3O. The van der Waals surface area contributed by atoms with Crippen LogP contribution in [0.15, 0.2) is 24.5 Å². The molecule has 82 valence electrons. The highest BCUT2D eigenvalue weighted by Gasteiger charge is 2.11. The van der Waals surface area contributed by atoms with Gasteiger partial charge in [-0.3, -0.25) is 9.78 Å². The maximum atomic E-state index is 11.3. The molecule has 2 unspecified atom stereocenters. The van der Waals surface area contributed by atoms with E-state index >= 15 is 0 Å². The van der Waals surface area contributed by atoms with Crippen molar-refractivity contribution >= 4 is 5.91 Å². The molecule has 4 heteroatoms. The van der Waals surface area contributed by atoms with Gasteiger partial charge in [-0.1, -0.05) is 0 Å². The highest BCUT2D eigenvalue weighted by atomic mass is 16.2. The van der Waals surface area contributed by atoms with E-state index in [2.05, 4.69) is 10.3 Å². The van der Waals surface area contributed by atoms with E-state index in [1.165, 1.54) is 0 Å². The second-order valence-electron chi connectivity index (χ2n) is 3.76. The molecule has 3 N–H and O–H groups in total. The van der Waals surface area contributed by atoms with Gasteiger partial charge in [-0.25, -0.2) is 0 Å². The lowest BCUT2D eigenvalue weighted by Gasteiger charge is -2.15. The van der Waals surface area contributed by atoms with Crippen LogP contribution in [0.3, 0.4) is 0 Å². The molecule has 1 aromatic rings. The summed E-state index contributed by atoms with van der Waals surface area (Å²) in [6, 6.07) is 3.51. The number of pyridine rings is 1. The third kappa shape index (κ3) is 4.08. The monoisotopic (exact) mass is 207 g/mol. The van der Waals surface area contributed by atoms with Crippen molar-refractivity contribution in [3.8, 4) is 0 Å². The predicted octanol–water partition coefficient (Wildman–Crippen LogP) is 0.476. The van der Waals surface area contributed by atoms with Crippen molar-refractivity contribution in [2.24, 2.45) is 5.73 Å². The summed E-state index contributed by atoms with van der Waals surface area (Å²) in [6.45, 7) is 3.63. The number of nitrogens with one attached hydrogen (secondary N) is 1. The Hall–Kier alpha value is -1.42. The second kappa shape index (κ2) is 5.46. The molecule has 0 radical (unpaired) electrons. The Morgan fingerprint density at radius 3 is 2.60 bits per heavy atom. The Morgan fingerprint density at radius 1 is 1.47 bits per heavy atom. The zero-order valence-corrected chi connectivity index (χ0v) is 9.10. The molecule has 1 aromatic heterocycles. The number of aromatic nitrogens is 1. The van der Waals surface area contributed by atoms with E-state index in [0.29, 0.717) is 0 Å². The van der Waals surface area contributed by atoms with Crippen LogP contribution in [0.5, 0.6) is 0 Å². The molecule has 0 fully saturated rings. The van der Waals surface area contributed by atoms with Crippen LogP contribution in [0.4, 0.5) is 0 Å². The summed E-state index contributed by atoms with van der Waals surface area (Å²) in [4.78, 5) is 15.2. The second-order valence-corrected chi connectivity index (χ2v) is 3.76. The summed E-state index contributed by atoms with van der Waals surface area (Å²) >= 11 is 0. The first-order chi connectivity index (χ1) is 7.09. The molecule has 1 rings (SSSR count). The van der Waals surface area contributed by atoms with E-state index in [9.17, 15) is 4.79 Å². The van der Waals surface area contributed by atoms with Crippen molar-refractivity contribution in [3.05, 3.63) is 30.1 Å². The summed E-state index contributed by atoms with van der Waals surface area (Å²) in [5.41, 5.74) is 6.61. The highest BCUT2D eigenvalue weighted by Crippen LogP contribution is 2.01. The summed E-state index contributed by atoms with van der Waals surface area (Å²) < 4.78 is 0. The average molecular weight is 207 g/mol. The first-order valence-electron chi connectivity index (χ1n) is 5.04. The Balaban J connectivity index is 2.43. The van der Waals surface area contributed by atoms with Gasteiger partial charge in [-0.15, -0.1) is 0 Å². The maximum absolute atomic E-state index is 11.3. The van der Waals surface area contributed by atoms with Gasteiger partial charge in [0.1, 0.15) is 0 Å². The molecule has 2 atom stereocenters. The van der Waals surface area contributed by atoms with Gasteiger partial charge in [0.15, 0.2) is 0 Å². The van der Waals surface area contributed by atoms with Gasteiger partial charge in [0.05, 0.1) is 6.04 Å². The first kappa shape index (κ1) is 11.7. The van der Waals surface area contributed by atoms with Crippen LogP contribution < -0.4 is 11.1 Å². The third-order valence-corrected chi connectivity index (χ3v) is 2.09. The summed E-state index contributed by atoms with van der Waals surface area (Å²) in [5.74, 6) is -0.114. The van der Waals surface area contributed by atoms with E-state index in [0.717, 1.165) is 12.0 Å². The minimum atomic E-state index is -0.454. The van der Waals surface area contributed by atoms with Crippen molar-refractivity contribution < 1.29 is 4.79 Å². The number of hydrogen-bond acceptors (Lipinski definition) is 3. The topological polar surface area (TPSA) is 68.0 Å². The van der Waals surface area contributed by atoms with Gasteiger partial charge in [0.25, 0.3) is 0 Å². The number of nitrogens with two attached hydrogens (primary N) is 1. The standard InChI is InChI=1S/C11H17N3O/c1-8(14-11(15)9(2)12)7-10-3-5-13-6-4-10/h3-6,8-9H,7,12H2,1-2H3,(H,14,15). The fourth-order valence-electron chi connectivity index (χ4n) is 1.30.